The first-order valence-corrected chi connectivity index (χ1v) is 8.43. The van der Waals surface area contributed by atoms with Crippen LogP contribution in [0.5, 0.6) is 5.75 Å². The van der Waals surface area contributed by atoms with E-state index in [0.29, 0.717) is 0 Å². The molecule has 0 spiro atoms. The van der Waals surface area contributed by atoms with Crippen molar-refractivity contribution in [2.75, 3.05) is 0 Å². The number of hydrogen-bond donors (Lipinski definition) is 0. The highest BCUT2D eigenvalue weighted by Gasteiger charge is 2.39. The lowest BCUT2D eigenvalue weighted by Crippen LogP contribution is -2.39. The number of halogens is 1. The van der Waals surface area contributed by atoms with E-state index < -0.39 is 0 Å². The van der Waals surface area contributed by atoms with Crippen molar-refractivity contribution >= 4 is 21.6 Å². The Morgan fingerprint density at radius 1 is 1.23 bits per heavy atom. The Labute approximate surface area is 138 Å². The lowest BCUT2D eigenvalue weighted by molar-refractivity contribution is -0.0188. The number of ether oxygens (including phenoxy) is 1. The van der Waals surface area contributed by atoms with Crippen LogP contribution in [-0.2, 0) is 0 Å². The van der Waals surface area contributed by atoms with Gasteiger partial charge >= 0.3 is 0 Å². The van der Waals surface area contributed by atoms with Crippen LogP contribution in [0.4, 0.5) is 0 Å². The molecule has 3 nitrogen and oxygen atoms in total. The molecule has 4 rings (SSSR count). The summed E-state index contributed by atoms with van der Waals surface area (Å²) in [5.41, 5.74) is 3.55. The molecule has 0 saturated heterocycles. The SMILES string of the molecule is CC[C@@H]1Oc2ccc(Br)cc2[C@@H]2CC(c3ccccc3)=NN12. The van der Waals surface area contributed by atoms with E-state index in [2.05, 4.69) is 64.3 Å². The van der Waals surface area contributed by atoms with E-state index in [9.17, 15) is 0 Å². The molecule has 0 aliphatic carbocycles. The molecular weight excluding hydrogens is 340 g/mol. The standard InChI is InChI=1S/C18H17BrN2O/c1-2-18-21-16(14-10-13(19)8-9-17(14)22-18)11-15(20-21)12-6-4-3-5-7-12/h3-10,16,18H,2,11H2,1H3/t16-,18-/m0/s1. The van der Waals surface area contributed by atoms with E-state index in [1.807, 2.05) is 12.1 Å². The van der Waals surface area contributed by atoms with Crippen LogP contribution in [0.1, 0.15) is 36.9 Å². The zero-order valence-electron chi connectivity index (χ0n) is 12.4. The van der Waals surface area contributed by atoms with Crippen LogP contribution in [0.2, 0.25) is 0 Å². The molecule has 2 aliphatic heterocycles. The molecule has 2 heterocycles. The van der Waals surface area contributed by atoms with Crippen molar-refractivity contribution in [1.82, 2.24) is 5.01 Å². The molecule has 2 aliphatic rings. The molecule has 22 heavy (non-hydrogen) atoms. The molecule has 2 aromatic carbocycles. The summed E-state index contributed by atoms with van der Waals surface area (Å²) in [5, 5.41) is 7.01. The van der Waals surface area contributed by atoms with Crippen molar-refractivity contribution in [2.24, 2.45) is 5.10 Å². The van der Waals surface area contributed by atoms with Crippen molar-refractivity contribution in [3.63, 3.8) is 0 Å². The fraction of sp³-hybridized carbons (Fsp3) is 0.278. The van der Waals surface area contributed by atoms with Crippen LogP contribution < -0.4 is 4.74 Å². The van der Waals surface area contributed by atoms with E-state index >= 15 is 0 Å². The summed E-state index contributed by atoms with van der Waals surface area (Å²) in [7, 11) is 0. The minimum atomic E-state index is 0.0138. The number of benzene rings is 2. The van der Waals surface area contributed by atoms with Crippen LogP contribution in [-0.4, -0.2) is 16.9 Å². The summed E-state index contributed by atoms with van der Waals surface area (Å²) in [4.78, 5) is 0. The number of nitrogens with zero attached hydrogens (tertiary/aromatic N) is 2. The van der Waals surface area contributed by atoms with Crippen molar-refractivity contribution in [1.29, 1.82) is 0 Å². The van der Waals surface area contributed by atoms with Gasteiger partial charge in [-0.25, -0.2) is 0 Å². The van der Waals surface area contributed by atoms with Gasteiger partial charge < -0.3 is 4.74 Å². The highest BCUT2D eigenvalue weighted by Crippen LogP contribution is 2.44. The summed E-state index contributed by atoms with van der Waals surface area (Å²) in [6.07, 6.45) is 1.85. The molecule has 0 bridgehead atoms. The van der Waals surface area contributed by atoms with Gasteiger partial charge in [-0.05, 0) is 23.8 Å². The Hall–Kier alpha value is -1.81. The first kappa shape index (κ1) is 13.8. The molecule has 2 atom stereocenters. The van der Waals surface area contributed by atoms with Crippen LogP contribution in [0.3, 0.4) is 0 Å². The minimum Gasteiger partial charge on any atom is -0.469 e. The van der Waals surface area contributed by atoms with Gasteiger partial charge in [0.15, 0.2) is 6.23 Å². The summed E-state index contributed by atoms with van der Waals surface area (Å²) in [6.45, 7) is 2.14. The Morgan fingerprint density at radius 2 is 2.05 bits per heavy atom. The maximum absolute atomic E-state index is 6.13. The third-order valence-electron chi connectivity index (χ3n) is 4.29. The van der Waals surface area contributed by atoms with Crippen molar-refractivity contribution in [2.45, 2.75) is 32.0 Å². The van der Waals surface area contributed by atoms with E-state index in [4.69, 9.17) is 9.84 Å². The predicted octanol–water partition coefficient (Wildman–Crippen LogP) is 4.73. The average molecular weight is 357 g/mol. The minimum absolute atomic E-state index is 0.0138. The molecule has 0 saturated carbocycles. The Kier molecular flexibility index (Phi) is 3.41. The highest BCUT2D eigenvalue weighted by molar-refractivity contribution is 9.10. The third-order valence-corrected chi connectivity index (χ3v) is 4.78. The quantitative estimate of drug-likeness (QED) is 0.776. The summed E-state index contributed by atoms with van der Waals surface area (Å²) >= 11 is 3.57. The third kappa shape index (κ3) is 2.22. The molecule has 0 unspecified atom stereocenters. The van der Waals surface area contributed by atoms with Crippen LogP contribution in [0.25, 0.3) is 0 Å². The van der Waals surface area contributed by atoms with Crippen molar-refractivity contribution in [3.8, 4) is 5.75 Å². The van der Waals surface area contributed by atoms with E-state index in [0.717, 1.165) is 28.8 Å². The van der Waals surface area contributed by atoms with Crippen molar-refractivity contribution in [3.05, 3.63) is 64.1 Å². The Bertz CT molecular complexity index is 729. The Balaban J connectivity index is 1.75. The normalized spacial score (nSPS) is 22.6. The number of hydrazone groups is 1. The molecule has 112 valence electrons. The smallest absolute Gasteiger partial charge is 0.187 e. The second-order valence-electron chi connectivity index (χ2n) is 5.68. The van der Waals surface area contributed by atoms with E-state index in [1.54, 1.807) is 0 Å². The zero-order valence-corrected chi connectivity index (χ0v) is 14.0. The van der Waals surface area contributed by atoms with Gasteiger partial charge in [-0.2, -0.15) is 5.10 Å². The van der Waals surface area contributed by atoms with Gasteiger partial charge in [0.05, 0.1) is 11.8 Å². The van der Waals surface area contributed by atoms with Gasteiger partial charge in [0.25, 0.3) is 0 Å². The van der Waals surface area contributed by atoms with Crippen LogP contribution in [0, 0.1) is 0 Å². The topological polar surface area (TPSA) is 24.8 Å². The number of fused-ring (bicyclic) bond motifs is 3. The average Bonchev–Trinajstić information content (AvgIpc) is 3.01. The molecule has 2 aromatic rings. The predicted molar refractivity (Wildman–Crippen MR) is 91.0 cm³/mol. The lowest BCUT2D eigenvalue weighted by atomic mass is 9.96. The summed E-state index contributed by atoms with van der Waals surface area (Å²) in [6, 6.07) is 16.9. The highest BCUT2D eigenvalue weighted by atomic mass is 79.9. The van der Waals surface area contributed by atoms with Gasteiger partial charge in [-0.1, -0.05) is 53.2 Å². The van der Waals surface area contributed by atoms with Gasteiger partial charge in [0.1, 0.15) is 5.75 Å². The monoisotopic (exact) mass is 356 g/mol. The zero-order chi connectivity index (χ0) is 15.1. The van der Waals surface area contributed by atoms with Crippen LogP contribution >= 0.6 is 15.9 Å². The van der Waals surface area contributed by atoms with Gasteiger partial charge in [-0.3, -0.25) is 5.01 Å². The fourth-order valence-corrected chi connectivity index (χ4v) is 3.59. The molecule has 0 amide bonds. The van der Waals surface area contributed by atoms with Gasteiger partial charge in [0.2, 0.25) is 0 Å². The molecule has 0 N–H and O–H groups in total. The van der Waals surface area contributed by atoms with E-state index in [-0.39, 0.29) is 12.3 Å². The molecule has 0 radical (unpaired) electrons. The van der Waals surface area contributed by atoms with Gasteiger partial charge in [0, 0.05) is 22.9 Å². The molecule has 0 fully saturated rings. The van der Waals surface area contributed by atoms with Crippen molar-refractivity contribution < 1.29 is 4.74 Å². The van der Waals surface area contributed by atoms with Crippen LogP contribution in [0.15, 0.2) is 58.1 Å². The molecule has 0 aromatic heterocycles. The summed E-state index contributed by atoms with van der Waals surface area (Å²) in [5.74, 6) is 0.987. The lowest BCUT2D eigenvalue weighted by Gasteiger charge is -2.37. The maximum atomic E-state index is 6.13. The summed E-state index contributed by atoms with van der Waals surface area (Å²) < 4.78 is 7.21. The first-order valence-electron chi connectivity index (χ1n) is 7.63. The maximum Gasteiger partial charge on any atom is 0.187 e. The van der Waals surface area contributed by atoms with E-state index in [1.165, 1.54) is 11.1 Å². The van der Waals surface area contributed by atoms with Gasteiger partial charge in [-0.15, -0.1) is 0 Å². The Morgan fingerprint density at radius 3 is 2.82 bits per heavy atom. The second kappa shape index (κ2) is 5.43. The largest absolute Gasteiger partial charge is 0.469 e. The molecule has 4 heteroatoms. The number of hydrogen-bond acceptors (Lipinski definition) is 3. The second-order valence-corrected chi connectivity index (χ2v) is 6.59. The first-order chi connectivity index (χ1) is 10.8. The number of rotatable bonds is 2. The molecular formula is C18H17BrN2O. The fourth-order valence-electron chi connectivity index (χ4n) is 3.21.